The summed E-state index contributed by atoms with van der Waals surface area (Å²) in [5.41, 5.74) is 14.1. The highest BCUT2D eigenvalue weighted by Gasteiger charge is 2.24. The van der Waals surface area contributed by atoms with Crippen LogP contribution in [0, 0.1) is 0 Å². The Hall–Kier alpha value is -2.08. The molecule has 2 heterocycles. The number of hydrogen-bond donors (Lipinski definition) is 2. The van der Waals surface area contributed by atoms with Gasteiger partial charge in [-0.1, -0.05) is 24.3 Å². The Kier molecular flexibility index (Phi) is 2.87. The summed E-state index contributed by atoms with van der Waals surface area (Å²) in [5.74, 6) is -0.286. The molecule has 4 N–H and O–H groups in total. The zero-order valence-electron chi connectivity index (χ0n) is 10.3. The number of nitrogen functional groups attached to an aromatic ring is 1. The number of carbonyl (C=O) groups excluding carboxylic acids is 1. The number of rotatable bonds is 2. The van der Waals surface area contributed by atoms with Crippen molar-refractivity contribution in [2.75, 3.05) is 17.2 Å². The van der Waals surface area contributed by atoms with Crippen molar-refractivity contribution in [1.29, 1.82) is 0 Å². The SMILES string of the molecule is NC(=O)c1c(N)nsc1N1CCc2ccccc2C1. The molecule has 1 aliphatic heterocycles. The molecule has 0 aliphatic carbocycles. The van der Waals surface area contributed by atoms with Crippen molar-refractivity contribution in [1.82, 2.24) is 4.37 Å². The van der Waals surface area contributed by atoms with E-state index in [1.54, 1.807) is 0 Å². The predicted octanol–water partition coefficient (Wildman–Crippen LogP) is 1.39. The number of nitrogens with zero attached hydrogens (tertiary/aromatic N) is 2. The van der Waals surface area contributed by atoms with Gasteiger partial charge in [0.1, 0.15) is 10.6 Å². The third kappa shape index (κ3) is 2.04. The zero-order chi connectivity index (χ0) is 13.4. The summed E-state index contributed by atoms with van der Waals surface area (Å²) >= 11 is 1.24. The Morgan fingerprint density at radius 2 is 2.05 bits per heavy atom. The number of amides is 1. The smallest absolute Gasteiger partial charge is 0.255 e. The van der Waals surface area contributed by atoms with Gasteiger partial charge in [-0.2, -0.15) is 4.37 Å². The topological polar surface area (TPSA) is 85.2 Å². The van der Waals surface area contributed by atoms with Crippen LogP contribution in [-0.2, 0) is 13.0 Å². The fourth-order valence-corrected chi connectivity index (χ4v) is 3.25. The van der Waals surface area contributed by atoms with Crippen LogP contribution in [0.5, 0.6) is 0 Å². The van der Waals surface area contributed by atoms with Gasteiger partial charge in [0.2, 0.25) is 0 Å². The summed E-state index contributed by atoms with van der Waals surface area (Å²) in [6.45, 7) is 1.61. The number of primary amides is 1. The lowest BCUT2D eigenvalue weighted by atomic mass is 10.00. The molecule has 0 saturated carbocycles. The van der Waals surface area contributed by atoms with E-state index in [4.69, 9.17) is 11.5 Å². The largest absolute Gasteiger partial charge is 0.382 e. The lowest BCUT2D eigenvalue weighted by Crippen LogP contribution is -2.31. The van der Waals surface area contributed by atoms with Crippen molar-refractivity contribution >= 4 is 28.3 Å². The molecule has 0 atom stereocenters. The highest BCUT2D eigenvalue weighted by molar-refractivity contribution is 7.11. The summed E-state index contributed by atoms with van der Waals surface area (Å²) in [5, 5.41) is 0.777. The van der Waals surface area contributed by atoms with Gasteiger partial charge in [0.15, 0.2) is 5.82 Å². The Bertz CT molecular complexity index is 637. The minimum absolute atomic E-state index is 0.228. The summed E-state index contributed by atoms with van der Waals surface area (Å²) in [4.78, 5) is 13.6. The highest BCUT2D eigenvalue weighted by Crippen LogP contribution is 2.33. The van der Waals surface area contributed by atoms with Gasteiger partial charge >= 0.3 is 0 Å². The highest BCUT2D eigenvalue weighted by atomic mass is 32.1. The molecule has 6 heteroatoms. The molecule has 0 saturated heterocycles. The number of fused-ring (bicyclic) bond motifs is 1. The van der Waals surface area contributed by atoms with Gasteiger partial charge in [-0.25, -0.2) is 0 Å². The quantitative estimate of drug-likeness (QED) is 0.866. The molecular formula is C13H14N4OS. The standard InChI is InChI=1S/C13H14N4OS/c14-11-10(12(15)18)13(19-16-11)17-6-5-8-3-1-2-4-9(8)7-17/h1-4H,5-7H2,(H2,14,16)(H2,15,18). The number of benzene rings is 1. The summed E-state index contributed by atoms with van der Waals surface area (Å²) in [6, 6.07) is 8.32. The first-order valence-electron chi connectivity index (χ1n) is 6.03. The molecular weight excluding hydrogens is 260 g/mol. The van der Waals surface area contributed by atoms with Crippen LogP contribution in [0.1, 0.15) is 21.5 Å². The minimum Gasteiger partial charge on any atom is -0.382 e. The number of carbonyl (C=O) groups is 1. The Labute approximate surface area is 115 Å². The first-order valence-corrected chi connectivity index (χ1v) is 6.81. The van der Waals surface area contributed by atoms with E-state index in [0.717, 1.165) is 24.5 Å². The molecule has 0 unspecified atom stereocenters. The van der Waals surface area contributed by atoms with Crippen LogP contribution in [0.4, 0.5) is 10.8 Å². The molecule has 1 aromatic carbocycles. The minimum atomic E-state index is -0.514. The zero-order valence-corrected chi connectivity index (χ0v) is 11.1. The van der Waals surface area contributed by atoms with Gasteiger partial charge in [0.25, 0.3) is 5.91 Å². The molecule has 0 spiro atoms. The fraction of sp³-hybridized carbons (Fsp3) is 0.231. The third-order valence-electron chi connectivity index (χ3n) is 3.36. The number of aromatic nitrogens is 1. The number of hydrogen-bond acceptors (Lipinski definition) is 5. The maximum Gasteiger partial charge on any atom is 0.255 e. The van der Waals surface area contributed by atoms with Crippen LogP contribution in [0.15, 0.2) is 24.3 Å². The van der Waals surface area contributed by atoms with Gasteiger partial charge in [-0.05, 0) is 29.1 Å². The second-order valence-electron chi connectivity index (χ2n) is 4.55. The molecule has 1 amide bonds. The van der Waals surface area contributed by atoms with E-state index in [0.29, 0.717) is 5.56 Å². The molecule has 19 heavy (non-hydrogen) atoms. The summed E-state index contributed by atoms with van der Waals surface area (Å²) < 4.78 is 4.05. The normalized spacial score (nSPS) is 14.2. The second kappa shape index (κ2) is 4.55. The lowest BCUT2D eigenvalue weighted by Gasteiger charge is -2.29. The van der Waals surface area contributed by atoms with Crippen molar-refractivity contribution in [2.45, 2.75) is 13.0 Å². The van der Waals surface area contributed by atoms with Crippen LogP contribution < -0.4 is 16.4 Å². The first-order chi connectivity index (χ1) is 9.16. The van der Waals surface area contributed by atoms with Crippen molar-refractivity contribution in [3.05, 3.63) is 41.0 Å². The Morgan fingerprint density at radius 1 is 1.32 bits per heavy atom. The maximum absolute atomic E-state index is 11.5. The van der Waals surface area contributed by atoms with E-state index < -0.39 is 5.91 Å². The third-order valence-corrected chi connectivity index (χ3v) is 4.29. The monoisotopic (exact) mass is 274 g/mol. The van der Waals surface area contributed by atoms with E-state index in [1.165, 1.54) is 22.7 Å². The molecule has 1 aliphatic rings. The first kappa shape index (κ1) is 12.0. The summed E-state index contributed by atoms with van der Waals surface area (Å²) in [7, 11) is 0. The Balaban J connectivity index is 1.96. The molecule has 0 fully saturated rings. The maximum atomic E-state index is 11.5. The van der Waals surface area contributed by atoms with Gasteiger partial charge in [0.05, 0.1) is 0 Å². The van der Waals surface area contributed by atoms with Crippen LogP contribution in [0.25, 0.3) is 0 Å². The van der Waals surface area contributed by atoms with E-state index in [2.05, 4.69) is 21.4 Å². The molecule has 1 aromatic heterocycles. The van der Waals surface area contributed by atoms with E-state index in [-0.39, 0.29) is 5.82 Å². The van der Waals surface area contributed by atoms with E-state index >= 15 is 0 Å². The van der Waals surface area contributed by atoms with Gasteiger partial charge in [0, 0.05) is 13.1 Å². The van der Waals surface area contributed by atoms with Crippen LogP contribution >= 0.6 is 11.5 Å². The van der Waals surface area contributed by atoms with Crippen molar-refractivity contribution < 1.29 is 4.79 Å². The summed E-state index contributed by atoms with van der Waals surface area (Å²) in [6.07, 6.45) is 0.951. The average Bonchev–Trinajstić information content (AvgIpc) is 2.80. The van der Waals surface area contributed by atoms with Crippen molar-refractivity contribution in [2.24, 2.45) is 5.73 Å². The molecule has 5 nitrogen and oxygen atoms in total. The van der Waals surface area contributed by atoms with Crippen molar-refractivity contribution in [3.8, 4) is 0 Å². The molecule has 98 valence electrons. The van der Waals surface area contributed by atoms with Crippen LogP contribution in [-0.4, -0.2) is 16.8 Å². The second-order valence-corrected chi connectivity index (χ2v) is 5.30. The molecule has 3 rings (SSSR count). The number of anilines is 2. The molecule has 2 aromatic rings. The fourth-order valence-electron chi connectivity index (χ4n) is 2.41. The predicted molar refractivity (Wildman–Crippen MR) is 76.2 cm³/mol. The van der Waals surface area contributed by atoms with E-state index in [1.807, 2.05) is 12.1 Å². The van der Waals surface area contributed by atoms with Crippen molar-refractivity contribution in [3.63, 3.8) is 0 Å². The van der Waals surface area contributed by atoms with Gasteiger partial charge in [-0.15, -0.1) is 0 Å². The Morgan fingerprint density at radius 3 is 2.79 bits per heavy atom. The van der Waals surface area contributed by atoms with Crippen LogP contribution in [0.2, 0.25) is 0 Å². The number of nitrogens with two attached hydrogens (primary N) is 2. The van der Waals surface area contributed by atoms with Gasteiger partial charge in [-0.3, -0.25) is 4.79 Å². The molecule has 0 bridgehead atoms. The van der Waals surface area contributed by atoms with Crippen LogP contribution in [0.3, 0.4) is 0 Å². The lowest BCUT2D eigenvalue weighted by molar-refractivity contribution is 0.100. The van der Waals surface area contributed by atoms with Gasteiger partial charge < -0.3 is 16.4 Å². The average molecular weight is 274 g/mol. The van der Waals surface area contributed by atoms with E-state index in [9.17, 15) is 4.79 Å². The molecule has 0 radical (unpaired) electrons.